The number of aromatic hydroxyl groups is 2. The lowest BCUT2D eigenvalue weighted by Gasteiger charge is -2.30. The third-order valence-electron chi connectivity index (χ3n) is 7.29. The predicted octanol–water partition coefficient (Wildman–Crippen LogP) is 4.51. The minimum atomic E-state index is -0.871. The lowest BCUT2D eigenvalue weighted by atomic mass is 9.87. The second-order valence-corrected chi connectivity index (χ2v) is 10.8. The zero-order chi connectivity index (χ0) is 31.6. The third-order valence-corrected chi connectivity index (χ3v) is 7.29. The first kappa shape index (κ1) is 34.5. The Morgan fingerprint density at radius 3 is 2.52 bits per heavy atom. The van der Waals surface area contributed by atoms with Crippen molar-refractivity contribution < 1.29 is 34.3 Å². The quantitative estimate of drug-likeness (QED) is 0.117. The molecule has 0 spiro atoms. The van der Waals surface area contributed by atoms with Crippen LogP contribution in [0.2, 0.25) is 0 Å². The number of benzene rings is 1. The number of nitrogens with two attached hydrogens (primary N) is 1. The second-order valence-electron chi connectivity index (χ2n) is 10.8. The van der Waals surface area contributed by atoms with Crippen molar-refractivity contribution in [1.29, 1.82) is 0 Å². The zero-order valence-electron chi connectivity index (χ0n) is 25.5. The van der Waals surface area contributed by atoms with Gasteiger partial charge in [0.25, 0.3) is 5.91 Å². The van der Waals surface area contributed by atoms with E-state index in [4.69, 9.17) is 19.9 Å². The molecule has 10 heteroatoms. The van der Waals surface area contributed by atoms with E-state index >= 15 is 0 Å². The number of aliphatic hydroxyl groups is 1. The van der Waals surface area contributed by atoms with Gasteiger partial charge in [-0.1, -0.05) is 44.2 Å². The van der Waals surface area contributed by atoms with Crippen LogP contribution in [0.25, 0.3) is 0 Å². The topological polar surface area (TPSA) is 156 Å². The molecule has 0 saturated heterocycles. The summed E-state index contributed by atoms with van der Waals surface area (Å²) < 4.78 is 17.2. The van der Waals surface area contributed by atoms with E-state index in [1.54, 1.807) is 38.3 Å². The molecular weight excluding hydrogens is 538 g/mol. The molecule has 0 aliphatic carbocycles. The van der Waals surface area contributed by atoms with Crippen LogP contribution in [0.1, 0.15) is 39.7 Å². The Morgan fingerprint density at radius 1 is 1.24 bits per heavy atom. The number of hydrogen-bond donors (Lipinski definition) is 6. The minimum absolute atomic E-state index is 0.0104. The SMILES string of the molecule is C=CCNc1c(O)cc2c(O)c1C[C@@H](C)C[C@H](OC)[C@H](O)[C@@H](C)/C=C(\C)[C@H](OC(=C)N)[C@@H](OC)/C=C\C=C(/C)C(=O)N2. The molecule has 0 aromatic heterocycles. The summed E-state index contributed by atoms with van der Waals surface area (Å²) in [5, 5.41) is 39.2. The first-order chi connectivity index (χ1) is 19.8. The smallest absolute Gasteiger partial charge is 0.251 e. The van der Waals surface area contributed by atoms with Crippen LogP contribution in [0.15, 0.2) is 66.6 Å². The van der Waals surface area contributed by atoms with Gasteiger partial charge in [-0.05, 0) is 44.8 Å². The zero-order valence-corrected chi connectivity index (χ0v) is 25.5. The highest BCUT2D eigenvalue weighted by Crippen LogP contribution is 2.42. The van der Waals surface area contributed by atoms with Gasteiger partial charge in [-0.2, -0.15) is 0 Å². The summed E-state index contributed by atoms with van der Waals surface area (Å²) in [6.45, 7) is 15.0. The van der Waals surface area contributed by atoms with Gasteiger partial charge >= 0.3 is 0 Å². The summed E-state index contributed by atoms with van der Waals surface area (Å²) in [6, 6.07) is 1.30. The molecular formula is C32H47N3O7. The normalized spacial score (nSPS) is 29.3. The van der Waals surface area contributed by atoms with Gasteiger partial charge in [-0.15, -0.1) is 6.58 Å². The maximum atomic E-state index is 13.0. The molecule has 1 aromatic rings. The van der Waals surface area contributed by atoms with Gasteiger partial charge in [0.05, 0.1) is 23.6 Å². The van der Waals surface area contributed by atoms with Gasteiger partial charge in [0.2, 0.25) is 0 Å². The Bertz CT molecular complexity index is 1210. The van der Waals surface area contributed by atoms with Crippen molar-refractivity contribution in [2.24, 2.45) is 17.6 Å². The highest BCUT2D eigenvalue weighted by atomic mass is 16.5. The van der Waals surface area contributed by atoms with Crippen molar-refractivity contribution in [3.63, 3.8) is 0 Å². The Morgan fingerprint density at radius 2 is 1.93 bits per heavy atom. The molecule has 10 nitrogen and oxygen atoms in total. The number of methoxy groups -OCH3 is 2. The van der Waals surface area contributed by atoms with E-state index in [0.717, 1.165) is 5.57 Å². The van der Waals surface area contributed by atoms with Crippen LogP contribution in [-0.2, 0) is 25.4 Å². The summed E-state index contributed by atoms with van der Waals surface area (Å²) in [5.74, 6) is -1.20. The maximum absolute atomic E-state index is 13.0. The lowest BCUT2D eigenvalue weighted by Crippen LogP contribution is -2.36. The highest BCUT2D eigenvalue weighted by molar-refractivity contribution is 6.04. The van der Waals surface area contributed by atoms with Crippen LogP contribution in [-0.4, -0.2) is 66.4 Å². The summed E-state index contributed by atoms with van der Waals surface area (Å²) in [6.07, 6.45) is 6.60. The average molecular weight is 586 g/mol. The van der Waals surface area contributed by atoms with Gasteiger partial charge in [-0.25, -0.2) is 0 Å². The molecule has 1 aliphatic heterocycles. The first-order valence-electron chi connectivity index (χ1n) is 14.0. The monoisotopic (exact) mass is 585 g/mol. The van der Waals surface area contributed by atoms with Crippen LogP contribution < -0.4 is 16.4 Å². The molecule has 2 rings (SSSR count). The Balaban J connectivity index is 2.67. The molecule has 2 bridgehead atoms. The van der Waals surface area contributed by atoms with Crippen molar-refractivity contribution in [2.75, 3.05) is 31.4 Å². The van der Waals surface area contributed by atoms with Crippen molar-refractivity contribution in [1.82, 2.24) is 0 Å². The van der Waals surface area contributed by atoms with Crippen LogP contribution >= 0.6 is 0 Å². The number of phenols is 2. The van der Waals surface area contributed by atoms with Crippen molar-refractivity contribution >= 4 is 17.3 Å². The number of phenolic OH excluding ortho intramolecular Hbond substituents is 2. The molecule has 232 valence electrons. The highest BCUT2D eigenvalue weighted by Gasteiger charge is 2.30. The largest absolute Gasteiger partial charge is 0.506 e. The van der Waals surface area contributed by atoms with E-state index in [2.05, 4.69) is 23.8 Å². The summed E-state index contributed by atoms with van der Waals surface area (Å²) in [5.41, 5.74) is 7.74. The third kappa shape index (κ3) is 9.14. The molecule has 0 saturated carbocycles. The molecule has 1 heterocycles. The molecule has 42 heavy (non-hydrogen) atoms. The number of carbonyl (C=O) groups is 1. The molecule has 1 amide bonds. The first-order valence-corrected chi connectivity index (χ1v) is 14.0. The van der Waals surface area contributed by atoms with Crippen LogP contribution in [0.3, 0.4) is 0 Å². The van der Waals surface area contributed by atoms with E-state index in [0.29, 0.717) is 36.2 Å². The van der Waals surface area contributed by atoms with Gasteiger partial charge in [0.1, 0.15) is 17.6 Å². The van der Waals surface area contributed by atoms with E-state index in [1.165, 1.54) is 13.2 Å². The molecule has 0 unspecified atom stereocenters. The standard InChI is InChI=1S/C32H47N3O7/c1-9-13-34-28-23-14-18(2)15-27(41-8)29(37)20(4)16-21(5)31(42-22(6)33)26(40-7)12-10-11-19(3)32(39)35-24(30(23)38)17-25(28)36/h9-12,16-18,20,26-27,29,31,34,36-38H,1,6,13-15,33H2,2-5,7-8H3,(H,35,39)/b12-10-,19-11+,21-16+/t18-,20+,26+,27+,29-,31+/m1/s1. The van der Waals surface area contributed by atoms with Gasteiger partial charge < -0.3 is 45.9 Å². The molecule has 1 aliphatic rings. The van der Waals surface area contributed by atoms with Crippen molar-refractivity contribution in [2.45, 2.75) is 65.0 Å². The number of nitrogens with one attached hydrogen (secondary N) is 2. The molecule has 1 aromatic carbocycles. The van der Waals surface area contributed by atoms with Crippen molar-refractivity contribution in [3.05, 3.63) is 72.2 Å². The number of hydrogen-bond acceptors (Lipinski definition) is 9. The van der Waals surface area contributed by atoms with E-state index in [-0.39, 0.29) is 34.9 Å². The van der Waals surface area contributed by atoms with Crippen LogP contribution in [0, 0.1) is 11.8 Å². The van der Waals surface area contributed by atoms with Gasteiger partial charge in [-0.3, -0.25) is 4.79 Å². The molecule has 0 radical (unpaired) electrons. The Hall–Kier alpha value is -3.73. The number of rotatable bonds is 7. The number of aliphatic hydroxyl groups excluding tert-OH is 1. The fraction of sp³-hybridized carbons (Fsp3) is 0.469. The van der Waals surface area contributed by atoms with Gasteiger partial charge in [0, 0.05) is 43.9 Å². The Labute approximate surface area is 249 Å². The number of carbonyl (C=O) groups excluding carboxylic acids is 1. The number of amides is 1. The van der Waals surface area contributed by atoms with Crippen molar-refractivity contribution in [3.8, 4) is 11.5 Å². The summed E-state index contributed by atoms with van der Waals surface area (Å²) in [4.78, 5) is 13.0. The summed E-state index contributed by atoms with van der Waals surface area (Å²) >= 11 is 0. The molecule has 7 N–H and O–H groups in total. The van der Waals surface area contributed by atoms with E-state index in [9.17, 15) is 20.1 Å². The number of allylic oxidation sites excluding steroid dienone is 2. The van der Waals surface area contributed by atoms with Gasteiger partial charge in [0.15, 0.2) is 12.0 Å². The van der Waals surface area contributed by atoms with Crippen LogP contribution in [0.4, 0.5) is 11.4 Å². The number of anilines is 2. The van der Waals surface area contributed by atoms with E-state index < -0.39 is 30.3 Å². The number of ether oxygens (including phenoxy) is 3. The predicted molar refractivity (Wildman–Crippen MR) is 166 cm³/mol. The second kappa shape index (κ2) is 16.1. The fourth-order valence-electron chi connectivity index (χ4n) is 5.02. The minimum Gasteiger partial charge on any atom is -0.506 e. The molecule has 6 atom stereocenters. The number of fused-ring (bicyclic) bond motifs is 2. The summed E-state index contributed by atoms with van der Waals surface area (Å²) in [7, 11) is 3.07. The Kier molecular flexibility index (Phi) is 13.2. The molecule has 0 fully saturated rings. The van der Waals surface area contributed by atoms with E-state index in [1.807, 2.05) is 26.8 Å². The lowest BCUT2D eigenvalue weighted by molar-refractivity contribution is -0.112. The average Bonchev–Trinajstić information content (AvgIpc) is 2.94. The fourth-order valence-corrected chi connectivity index (χ4v) is 5.02. The maximum Gasteiger partial charge on any atom is 0.251 e. The van der Waals surface area contributed by atoms with Crippen LogP contribution in [0.5, 0.6) is 11.5 Å².